The summed E-state index contributed by atoms with van der Waals surface area (Å²) in [6, 6.07) is 5.70. The van der Waals surface area contributed by atoms with Gasteiger partial charge in [0.1, 0.15) is 0 Å². The summed E-state index contributed by atoms with van der Waals surface area (Å²) in [6.07, 6.45) is 0. The van der Waals surface area contributed by atoms with Gasteiger partial charge in [0.25, 0.3) is 0 Å². The van der Waals surface area contributed by atoms with Crippen LogP contribution in [0.3, 0.4) is 0 Å². The third-order valence-corrected chi connectivity index (χ3v) is 2.92. The fourth-order valence-electron chi connectivity index (χ4n) is 1.21. The van der Waals surface area contributed by atoms with Gasteiger partial charge in [0.05, 0.1) is 4.83 Å². The Morgan fingerprint density at radius 1 is 1.60 bits per heavy atom. The average Bonchev–Trinajstić information content (AvgIpc) is 2.16. The van der Waals surface area contributed by atoms with Crippen LogP contribution in [0.5, 0.6) is 0 Å². The van der Waals surface area contributed by atoms with Crippen LogP contribution in [-0.4, -0.2) is 10.7 Å². The van der Waals surface area contributed by atoms with E-state index in [1.54, 1.807) is 6.92 Å². The quantitative estimate of drug-likeness (QED) is 0.852. The molecule has 82 valence electrons. The summed E-state index contributed by atoms with van der Waals surface area (Å²) in [5, 5.41) is 3.50. The minimum Gasteiger partial charge on any atom is -0.351 e. The van der Waals surface area contributed by atoms with E-state index in [0.717, 1.165) is 11.1 Å². The van der Waals surface area contributed by atoms with Gasteiger partial charge in [-0.25, -0.2) is 0 Å². The number of carbonyl (C=O) groups is 1. The third-order valence-electron chi connectivity index (χ3n) is 2.15. The van der Waals surface area contributed by atoms with E-state index >= 15 is 0 Å². The summed E-state index contributed by atoms with van der Waals surface area (Å²) in [7, 11) is 0. The van der Waals surface area contributed by atoms with Crippen LogP contribution in [-0.2, 0) is 11.3 Å². The van der Waals surface area contributed by atoms with Gasteiger partial charge in [-0.15, -0.1) is 0 Å². The van der Waals surface area contributed by atoms with E-state index in [4.69, 9.17) is 11.6 Å². The molecule has 1 N–H and O–H groups in total. The molecule has 15 heavy (non-hydrogen) atoms. The molecule has 0 saturated heterocycles. The van der Waals surface area contributed by atoms with Crippen LogP contribution in [0.25, 0.3) is 0 Å². The molecule has 0 spiro atoms. The van der Waals surface area contributed by atoms with E-state index in [2.05, 4.69) is 21.2 Å². The molecule has 0 aliphatic carbocycles. The largest absolute Gasteiger partial charge is 0.351 e. The van der Waals surface area contributed by atoms with Crippen LogP contribution in [0, 0.1) is 6.92 Å². The maximum atomic E-state index is 11.3. The predicted molar refractivity (Wildman–Crippen MR) is 66.4 cm³/mol. The van der Waals surface area contributed by atoms with E-state index in [1.165, 1.54) is 0 Å². The summed E-state index contributed by atoms with van der Waals surface area (Å²) < 4.78 is 0. The van der Waals surface area contributed by atoms with Gasteiger partial charge in [-0.05, 0) is 31.0 Å². The minimum atomic E-state index is -0.180. The van der Waals surface area contributed by atoms with Crippen LogP contribution < -0.4 is 5.32 Å². The highest BCUT2D eigenvalue weighted by atomic mass is 79.9. The maximum absolute atomic E-state index is 11.3. The lowest BCUT2D eigenvalue weighted by atomic mass is 10.1. The van der Waals surface area contributed by atoms with Gasteiger partial charge in [0.15, 0.2) is 0 Å². The van der Waals surface area contributed by atoms with Gasteiger partial charge in [0.2, 0.25) is 5.91 Å². The number of carbonyl (C=O) groups excluding carboxylic acids is 1. The zero-order valence-electron chi connectivity index (χ0n) is 8.68. The molecule has 4 heteroatoms. The molecule has 0 aromatic heterocycles. The molecule has 0 fully saturated rings. The number of benzene rings is 1. The first-order valence-corrected chi connectivity index (χ1v) is 5.97. The molecule has 1 aromatic carbocycles. The van der Waals surface area contributed by atoms with E-state index in [1.807, 2.05) is 25.1 Å². The van der Waals surface area contributed by atoms with Crippen LogP contribution in [0.2, 0.25) is 5.02 Å². The molecule has 0 bridgehead atoms. The van der Waals surface area contributed by atoms with Crippen LogP contribution in [0.4, 0.5) is 0 Å². The molecule has 1 unspecified atom stereocenters. The minimum absolute atomic E-state index is 0.0330. The highest BCUT2D eigenvalue weighted by molar-refractivity contribution is 9.10. The Balaban J connectivity index is 2.69. The van der Waals surface area contributed by atoms with E-state index in [0.29, 0.717) is 11.6 Å². The van der Waals surface area contributed by atoms with Crippen molar-refractivity contribution in [1.29, 1.82) is 0 Å². The van der Waals surface area contributed by atoms with E-state index in [9.17, 15) is 4.79 Å². The second kappa shape index (κ2) is 5.52. The van der Waals surface area contributed by atoms with Gasteiger partial charge < -0.3 is 5.32 Å². The number of rotatable bonds is 3. The van der Waals surface area contributed by atoms with Crippen molar-refractivity contribution in [3.63, 3.8) is 0 Å². The Morgan fingerprint density at radius 3 is 2.80 bits per heavy atom. The van der Waals surface area contributed by atoms with Crippen molar-refractivity contribution in [2.75, 3.05) is 0 Å². The molecule has 1 aromatic rings. The molecule has 0 saturated carbocycles. The fourth-order valence-corrected chi connectivity index (χ4v) is 1.66. The standard InChI is InChI=1S/C11H13BrClNO/c1-7-4-3-5-10(13)9(7)6-14-11(15)8(2)12/h3-5,8H,6H2,1-2H3,(H,14,15). The zero-order chi connectivity index (χ0) is 11.4. The van der Waals surface area contributed by atoms with Gasteiger partial charge in [-0.1, -0.05) is 39.7 Å². The summed E-state index contributed by atoms with van der Waals surface area (Å²) >= 11 is 9.23. The average molecular weight is 291 g/mol. The van der Waals surface area contributed by atoms with Crippen LogP contribution >= 0.6 is 27.5 Å². The van der Waals surface area contributed by atoms with Gasteiger partial charge in [0, 0.05) is 11.6 Å². The summed E-state index contributed by atoms with van der Waals surface area (Å²) in [5.41, 5.74) is 2.06. The highest BCUT2D eigenvalue weighted by Crippen LogP contribution is 2.19. The number of hydrogen-bond donors (Lipinski definition) is 1. The molecule has 0 radical (unpaired) electrons. The van der Waals surface area contributed by atoms with E-state index in [-0.39, 0.29) is 10.7 Å². The van der Waals surface area contributed by atoms with Crippen molar-refractivity contribution in [2.45, 2.75) is 25.2 Å². The lowest BCUT2D eigenvalue weighted by Gasteiger charge is -2.10. The summed E-state index contributed by atoms with van der Waals surface area (Å²) in [5.74, 6) is -0.0330. The number of amides is 1. The second-order valence-electron chi connectivity index (χ2n) is 3.37. The number of alkyl halides is 1. The normalized spacial score (nSPS) is 12.3. The molecule has 1 rings (SSSR count). The monoisotopic (exact) mass is 289 g/mol. The van der Waals surface area contributed by atoms with Gasteiger partial charge in [-0.2, -0.15) is 0 Å². The van der Waals surface area contributed by atoms with Gasteiger partial charge in [-0.3, -0.25) is 4.79 Å². The second-order valence-corrected chi connectivity index (χ2v) is 5.15. The Kier molecular flexibility index (Phi) is 4.61. The van der Waals surface area contributed by atoms with Crippen LogP contribution in [0.15, 0.2) is 18.2 Å². The summed E-state index contributed by atoms with van der Waals surface area (Å²) in [6.45, 7) is 4.24. The van der Waals surface area contributed by atoms with Crippen molar-refractivity contribution in [2.24, 2.45) is 0 Å². The number of halogens is 2. The fraction of sp³-hybridized carbons (Fsp3) is 0.364. The van der Waals surface area contributed by atoms with Crippen molar-refractivity contribution in [1.82, 2.24) is 5.32 Å². The molecule has 0 heterocycles. The van der Waals surface area contributed by atoms with Gasteiger partial charge >= 0.3 is 0 Å². The zero-order valence-corrected chi connectivity index (χ0v) is 11.0. The van der Waals surface area contributed by atoms with Crippen molar-refractivity contribution >= 4 is 33.4 Å². The molecule has 2 nitrogen and oxygen atoms in total. The Labute approximate surface area is 103 Å². The van der Waals surface area contributed by atoms with Crippen molar-refractivity contribution in [3.05, 3.63) is 34.3 Å². The third kappa shape index (κ3) is 3.50. The Morgan fingerprint density at radius 2 is 2.27 bits per heavy atom. The first kappa shape index (κ1) is 12.5. The van der Waals surface area contributed by atoms with Crippen molar-refractivity contribution < 1.29 is 4.79 Å². The Hall–Kier alpha value is -0.540. The maximum Gasteiger partial charge on any atom is 0.233 e. The Bertz CT molecular complexity index is 345. The first-order valence-electron chi connectivity index (χ1n) is 4.68. The number of nitrogens with one attached hydrogen (secondary N) is 1. The topological polar surface area (TPSA) is 29.1 Å². The molecule has 0 aliphatic rings. The molecular formula is C11H13BrClNO. The summed E-state index contributed by atoms with van der Waals surface area (Å²) in [4.78, 5) is 11.2. The first-order chi connectivity index (χ1) is 7.02. The lowest BCUT2D eigenvalue weighted by molar-refractivity contribution is -0.120. The number of hydrogen-bond acceptors (Lipinski definition) is 1. The molecule has 0 aliphatic heterocycles. The molecule has 1 atom stereocenters. The van der Waals surface area contributed by atoms with E-state index < -0.39 is 0 Å². The number of aryl methyl sites for hydroxylation is 1. The lowest BCUT2D eigenvalue weighted by Crippen LogP contribution is -2.29. The van der Waals surface area contributed by atoms with Crippen molar-refractivity contribution in [3.8, 4) is 0 Å². The molecule has 1 amide bonds. The smallest absolute Gasteiger partial charge is 0.233 e. The SMILES string of the molecule is Cc1cccc(Cl)c1CNC(=O)C(C)Br. The highest BCUT2D eigenvalue weighted by Gasteiger charge is 2.09. The molecular weight excluding hydrogens is 277 g/mol. The predicted octanol–water partition coefficient (Wildman–Crippen LogP) is 3.05. The van der Waals surface area contributed by atoms with Crippen LogP contribution in [0.1, 0.15) is 18.1 Å².